The first-order valence-electron chi connectivity index (χ1n) is 10.3. The molecule has 3 aliphatic rings. The smallest absolute Gasteiger partial charge is 0.238 e. The van der Waals surface area contributed by atoms with Crippen molar-refractivity contribution in [3.8, 4) is 5.69 Å². The number of hydrogen-bond acceptors (Lipinski definition) is 4. The number of nitrogens with one attached hydrogen (secondary N) is 1. The highest BCUT2D eigenvalue weighted by Crippen LogP contribution is 2.45. The molecular weight excluding hydrogens is 374 g/mol. The van der Waals surface area contributed by atoms with E-state index < -0.39 is 0 Å². The maximum absolute atomic E-state index is 12.3. The second-order valence-electron chi connectivity index (χ2n) is 8.24. The Morgan fingerprint density at radius 1 is 1.04 bits per heavy atom. The summed E-state index contributed by atoms with van der Waals surface area (Å²) in [4.78, 5) is 14.5. The van der Waals surface area contributed by atoms with Crippen LogP contribution in [0.15, 0.2) is 30.3 Å². The van der Waals surface area contributed by atoms with Gasteiger partial charge in [0.05, 0.1) is 17.9 Å². The fourth-order valence-corrected chi connectivity index (χ4v) is 3.99. The number of rotatable bonds is 6. The van der Waals surface area contributed by atoms with Gasteiger partial charge in [-0.05, 0) is 67.8 Å². The summed E-state index contributed by atoms with van der Waals surface area (Å²) in [6.07, 6.45) is 5.07. The van der Waals surface area contributed by atoms with Crippen LogP contribution in [0.5, 0.6) is 0 Å². The number of hydrogen-bond donors (Lipinski definition) is 1. The van der Waals surface area contributed by atoms with Crippen molar-refractivity contribution in [3.05, 3.63) is 41.7 Å². The summed E-state index contributed by atoms with van der Waals surface area (Å²) in [5.74, 6) is 1.34. The number of aromatic nitrogens is 2. The number of anilines is 1. The molecule has 2 saturated carbocycles. The standard InChI is InChI=1S/C21H26ClN5O/c22-26-11-9-25(10-12-26)14-21(28)23-17-5-7-18(8-6-17)27-20(16-3-4-16)13-19(24-27)15-1-2-15/h5-8,13,15-16H,1-4,9-12,14H2,(H,23,28). The van der Waals surface area contributed by atoms with Gasteiger partial charge < -0.3 is 5.32 Å². The van der Waals surface area contributed by atoms with Gasteiger partial charge in [-0.25, -0.2) is 9.10 Å². The molecule has 2 aliphatic carbocycles. The van der Waals surface area contributed by atoms with Gasteiger partial charge in [0, 0.05) is 49.4 Å². The molecule has 1 aromatic carbocycles. The third-order valence-corrected chi connectivity index (χ3v) is 6.17. The molecule has 0 unspecified atom stereocenters. The number of halogens is 1. The molecule has 148 valence electrons. The van der Waals surface area contributed by atoms with Gasteiger partial charge in [-0.3, -0.25) is 9.69 Å². The van der Waals surface area contributed by atoms with Crippen molar-refractivity contribution in [1.82, 2.24) is 19.1 Å². The summed E-state index contributed by atoms with van der Waals surface area (Å²) >= 11 is 5.97. The van der Waals surface area contributed by atoms with E-state index in [9.17, 15) is 4.79 Å². The molecule has 2 heterocycles. The lowest BCUT2D eigenvalue weighted by Gasteiger charge is -2.30. The molecular formula is C21H26ClN5O. The van der Waals surface area contributed by atoms with Crippen LogP contribution >= 0.6 is 11.8 Å². The molecule has 28 heavy (non-hydrogen) atoms. The number of piperazine rings is 1. The van der Waals surface area contributed by atoms with Crippen molar-refractivity contribution in [2.45, 2.75) is 37.5 Å². The Bertz CT molecular complexity index is 848. The van der Waals surface area contributed by atoms with Gasteiger partial charge in [-0.1, -0.05) is 0 Å². The van der Waals surface area contributed by atoms with Crippen LogP contribution in [0.4, 0.5) is 5.69 Å². The number of carbonyl (C=O) groups is 1. The van der Waals surface area contributed by atoms with E-state index in [0.29, 0.717) is 18.4 Å². The number of amides is 1. The van der Waals surface area contributed by atoms with Crippen molar-refractivity contribution >= 4 is 23.4 Å². The number of benzene rings is 1. The van der Waals surface area contributed by atoms with E-state index in [0.717, 1.165) is 37.6 Å². The SMILES string of the molecule is O=C(CN1CCN(Cl)CC1)Nc1ccc(-n2nc(C3CC3)cc2C2CC2)cc1. The Kier molecular flexibility index (Phi) is 4.87. The molecule has 0 bridgehead atoms. The summed E-state index contributed by atoms with van der Waals surface area (Å²) in [6.45, 7) is 3.63. The monoisotopic (exact) mass is 399 g/mol. The molecule has 1 saturated heterocycles. The molecule has 0 radical (unpaired) electrons. The van der Waals surface area contributed by atoms with Crippen LogP contribution in [0.3, 0.4) is 0 Å². The van der Waals surface area contributed by atoms with Crippen molar-refractivity contribution in [3.63, 3.8) is 0 Å². The lowest BCUT2D eigenvalue weighted by molar-refractivity contribution is -0.117. The molecule has 2 aromatic rings. The van der Waals surface area contributed by atoms with Gasteiger partial charge in [-0.2, -0.15) is 5.10 Å². The molecule has 5 rings (SSSR count). The summed E-state index contributed by atoms with van der Waals surface area (Å²) < 4.78 is 3.88. The van der Waals surface area contributed by atoms with Gasteiger partial charge in [0.1, 0.15) is 0 Å². The van der Waals surface area contributed by atoms with Crippen molar-refractivity contribution in [1.29, 1.82) is 0 Å². The van der Waals surface area contributed by atoms with Gasteiger partial charge >= 0.3 is 0 Å². The predicted molar refractivity (Wildman–Crippen MR) is 110 cm³/mol. The highest BCUT2D eigenvalue weighted by atomic mass is 35.5. The predicted octanol–water partition coefficient (Wildman–Crippen LogP) is 3.34. The van der Waals surface area contributed by atoms with Crippen molar-refractivity contribution in [2.75, 3.05) is 38.0 Å². The minimum Gasteiger partial charge on any atom is -0.325 e. The van der Waals surface area contributed by atoms with E-state index in [2.05, 4.69) is 33.1 Å². The first kappa shape index (κ1) is 18.2. The zero-order valence-corrected chi connectivity index (χ0v) is 16.7. The molecule has 7 heteroatoms. The van der Waals surface area contributed by atoms with Crippen molar-refractivity contribution < 1.29 is 4.79 Å². The summed E-state index contributed by atoms with van der Waals surface area (Å²) in [6, 6.07) is 10.4. The first-order chi connectivity index (χ1) is 13.7. The highest BCUT2D eigenvalue weighted by Gasteiger charge is 2.32. The van der Waals surface area contributed by atoms with Crippen LogP contribution in [0.2, 0.25) is 0 Å². The van der Waals surface area contributed by atoms with Gasteiger partial charge in [0.25, 0.3) is 0 Å². The van der Waals surface area contributed by atoms with Crippen LogP contribution in [-0.2, 0) is 4.79 Å². The Morgan fingerprint density at radius 3 is 2.36 bits per heavy atom. The summed E-state index contributed by atoms with van der Waals surface area (Å²) in [7, 11) is 0. The molecule has 1 aliphatic heterocycles. The van der Waals surface area contributed by atoms with E-state index in [4.69, 9.17) is 16.9 Å². The van der Waals surface area contributed by atoms with E-state index >= 15 is 0 Å². The van der Waals surface area contributed by atoms with E-state index in [1.165, 1.54) is 37.1 Å². The van der Waals surface area contributed by atoms with Gasteiger partial charge in [0.15, 0.2) is 0 Å². The Balaban J connectivity index is 1.24. The average Bonchev–Trinajstić information content (AvgIpc) is 3.63. The normalized spacial score (nSPS) is 21.0. The van der Waals surface area contributed by atoms with E-state index in [-0.39, 0.29) is 5.91 Å². The second-order valence-corrected chi connectivity index (χ2v) is 8.71. The Morgan fingerprint density at radius 2 is 1.71 bits per heavy atom. The molecule has 0 atom stereocenters. The Hall–Kier alpha value is -1.89. The summed E-state index contributed by atoms with van der Waals surface area (Å²) in [5.41, 5.74) is 4.49. The Labute approximate surface area is 170 Å². The van der Waals surface area contributed by atoms with Crippen LogP contribution in [-0.4, -0.2) is 57.7 Å². The lowest BCUT2D eigenvalue weighted by Crippen LogP contribution is -2.45. The largest absolute Gasteiger partial charge is 0.325 e. The van der Waals surface area contributed by atoms with Gasteiger partial charge in [-0.15, -0.1) is 0 Å². The summed E-state index contributed by atoms with van der Waals surface area (Å²) in [5, 5.41) is 7.89. The maximum atomic E-state index is 12.3. The van der Waals surface area contributed by atoms with Crippen LogP contribution in [0, 0.1) is 0 Å². The minimum atomic E-state index is 0.0181. The van der Waals surface area contributed by atoms with Crippen molar-refractivity contribution in [2.24, 2.45) is 0 Å². The van der Waals surface area contributed by atoms with Gasteiger partial charge in [0.2, 0.25) is 5.91 Å². The van der Waals surface area contributed by atoms with E-state index in [1.54, 1.807) is 4.42 Å². The number of nitrogens with zero attached hydrogens (tertiary/aromatic N) is 4. The van der Waals surface area contributed by atoms with Crippen LogP contribution in [0.1, 0.15) is 48.9 Å². The average molecular weight is 400 g/mol. The molecule has 3 fully saturated rings. The fourth-order valence-electron chi connectivity index (χ4n) is 3.84. The molecule has 1 N–H and O–H groups in total. The molecule has 1 amide bonds. The third-order valence-electron chi connectivity index (χ3n) is 5.83. The first-order valence-corrected chi connectivity index (χ1v) is 10.6. The maximum Gasteiger partial charge on any atom is 0.238 e. The number of carbonyl (C=O) groups excluding carboxylic acids is 1. The van der Waals surface area contributed by atoms with E-state index in [1.807, 2.05) is 12.1 Å². The third kappa shape index (κ3) is 4.09. The molecule has 6 nitrogen and oxygen atoms in total. The second kappa shape index (κ2) is 7.50. The zero-order valence-electron chi connectivity index (χ0n) is 16.0. The molecule has 1 aromatic heterocycles. The highest BCUT2D eigenvalue weighted by molar-refractivity contribution is 6.13. The quantitative estimate of drug-likeness (QED) is 0.757. The fraction of sp³-hybridized carbons (Fsp3) is 0.524. The molecule has 0 spiro atoms. The topological polar surface area (TPSA) is 53.4 Å². The van der Waals surface area contributed by atoms with Crippen LogP contribution in [0.25, 0.3) is 5.69 Å². The zero-order chi connectivity index (χ0) is 19.1. The van der Waals surface area contributed by atoms with Crippen LogP contribution < -0.4 is 5.32 Å². The lowest BCUT2D eigenvalue weighted by atomic mass is 10.2. The minimum absolute atomic E-state index is 0.0181.